The molecule has 1 fully saturated rings. The largest absolute Gasteiger partial charge is 0.381 e. The van der Waals surface area contributed by atoms with E-state index in [9.17, 15) is 0 Å². The van der Waals surface area contributed by atoms with Crippen LogP contribution in [0.3, 0.4) is 0 Å². The van der Waals surface area contributed by atoms with Crippen molar-refractivity contribution in [2.45, 2.75) is 25.8 Å². The number of ether oxygens (including phenoxy) is 1. The third-order valence-corrected chi connectivity index (χ3v) is 3.07. The molecule has 1 aromatic rings. The zero-order valence-electron chi connectivity index (χ0n) is 9.20. The SMILES string of the molecule is CC(NCC1CCOCC1)c1cn[nH]c1. The van der Waals surface area contributed by atoms with Gasteiger partial charge in [0.15, 0.2) is 0 Å². The predicted molar refractivity (Wildman–Crippen MR) is 58.5 cm³/mol. The summed E-state index contributed by atoms with van der Waals surface area (Å²) in [4.78, 5) is 0. The lowest BCUT2D eigenvalue weighted by molar-refractivity contribution is 0.0656. The van der Waals surface area contributed by atoms with E-state index in [1.165, 1.54) is 18.4 Å². The molecule has 0 aromatic carbocycles. The molecule has 0 amide bonds. The van der Waals surface area contributed by atoms with Crippen molar-refractivity contribution in [3.63, 3.8) is 0 Å². The van der Waals surface area contributed by atoms with Crippen LogP contribution >= 0.6 is 0 Å². The summed E-state index contributed by atoms with van der Waals surface area (Å²) in [7, 11) is 0. The van der Waals surface area contributed by atoms with Gasteiger partial charge < -0.3 is 10.1 Å². The van der Waals surface area contributed by atoms with E-state index >= 15 is 0 Å². The van der Waals surface area contributed by atoms with Crippen molar-refractivity contribution in [3.05, 3.63) is 18.0 Å². The molecule has 2 rings (SSSR count). The van der Waals surface area contributed by atoms with Crippen LogP contribution in [-0.2, 0) is 4.74 Å². The summed E-state index contributed by atoms with van der Waals surface area (Å²) in [6.07, 6.45) is 6.19. The van der Waals surface area contributed by atoms with Gasteiger partial charge in [0, 0.05) is 31.0 Å². The Hall–Kier alpha value is -0.870. The summed E-state index contributed by atoms with van der Waals surface area (Å²) in [6, 6.07) is 0.381. The number of hydrogen-bond donors (Lipinski definition) is 2. The zero-order valence-corrected chi connectivity index (χ0v) is 9.20. The minimum atomic E-state index is 0.381. The van der Waals surface area contributed by atoms with Crippen LogP contribution < -0.4 is 5.32 Å². The molecule has 1 aliphatic heterocycles. The van der Waals surface area contributed by atoms with Gasteiger partial charge in [-0.2, -0.15) is 5.10 Å². The second kappa shape index (κ2) is 5.28. The average Bonchev–Trinajstić information content (AvgIpc) is 2.81. The number of nitrogens with zero attached hydrogens (tertiary/aromatic N) is 1. The molecule has 1 aliphatic rings. The smallest absolute Gasteiger partial charge is 0.0534 e. The average molecular weight is 209 g/mol. The van der Waals surface area contributed by atoms with Gasteiger partial charge in [0.05, 0.1) is 6.20 Å². The van der Waals surface area contributed by atoms with E-state index in [-0.39, 0.29) is 0 Å². The fourth-order valence-electron chi connectivity index (χ4n) is 1.91. The maximum Gasteiger partial charge on any atom is 0.0534 e. The van der Waals surface area contributed by atoms with Gasteiger partial charge in [-0.25, -0.2) is 0 Å². The lowest BCUT2D eigenvalue weighted by Gasteiger charge is -2.24. The van der Waals surface area contributed by atoms with Gasteiger partial charge in [-0.05, 0) is 32.2 Å². The van der Waals surface area contributed by atoms with E-state index in [0.717, 1.165) is 25.7 Å². The molecule has 0 aliphatic carbocycles. The standard InChI is InChI=1S/C11H19N3O/c1-9(11-7-13-14-8-11)12-6-10-2-4-15-5-3-10/h7-10,12H,2-6H2,1H3,(H,13,14). The molecule has 0 radical (unpaired) electrons. The molecular weight excluding hydrogens is 190 g/mol. The second-order valence-electron chi connectivity index (χ2n) is 4.22. The first-order valence-corrected chi connectivity index (χ1v) is 5.66. The highest BCUT2D eigenvalue weighted by Crippen LogP contribution is 2.15. The highest BCUT2D eigenvalue weighted by Gasteiger charge is 2.15. The molecule has 84 valence electrons. The Kier molecular flexibility index (Phi) is 3.75. The first kappa shape index (κ1) is 10.6. The Morgan fingerprint density at radius 1 is 1.60 bits per heavy atom. The Morgan fingerprint density at radius 3 is 3.07 bits per heavy atom. The summed E-state index contributed by atoms with van der Waals surface area (Å²) in [5.74, 6) is 0.771. The quantitative estimate of drug-likeness (QED) is 0.790. The van der Waals surface area contributed by atoms with E-state index in [4.69, 9.17) is 4.74 Å². The minimum absolute atomic E-state index is 0.381. The third kappa shape index (κ3) is 3.04. The number of aromatic nitrogens is 2. The van der Waals surface area contributed by atoms with Gasteiger partial charge in [-0.15, -0.1) is 0 Å². The molecular formula is C11H19N3O. The van der Waals surface area contributed by atoms with Crippen LogP contribution in [0.1, 0.15) is 31.4 Å². The van der Waals surface area contributed by atoms with E-state index in [0.29, 0.717) is 6.04 Å². The third-order valence-electron chi connectivity index (χ3n) is 3.07. The van der Waals surface area contributed by atoms with E-state index < -0.39 is 0 Å². The first-order valence-electron chi connectivity index (χ1n) is 5.66. The number of aromatic amines is 1. The first-order chi connectivity index (χ1) is 7.36. The Labute approximate surface area is 90.4 Å². The Balaban J connectivity index is 1.73. The van der Waals surface area contributed by atoms with E-state index in [2.05, 4.69) is 22.4 Å². The lowest BCUT2D eigenvalue weighted by Crippen LogP contribution is -2.29. The predicted octanol–water partition coefficient (Wildman–Crippen LogP) is 1.49. The molecule has 0 bridgehead atoms. The highest BCUT2D eigenvalue weighted by molar-refractivity contribution is 5.07. The molecule has 2 N–H and O–H groups in total. The minimum Gasteiger partial charge on any atom is -0.381 e. The van der Waals surface area contributed by atoms with Crippen molar-refractivity contribution in [2.24, 2.45) is 5.92 Å². The van der Waals surface area contributed by atoms with Crippen molar-refractivity contribution in [2.75, 3.05) is 19.8 Å². The van der Waals surface area contributed by atoms with Crippen LogP contribution in [0.15, 0.2) is 12.4 Å². The highest BCUT2D eigenvalue weighted by atomic mass is 16.5. The van der Waals surface area contributed by atoms with Crippen molar-refractivity contribution in [1.82, 2.24) is 15.5 Å². The van der Waals surface area contributed by atoms with Gasteiger partial charge in [-0.3, -0.25) is 5.10 Å². The van der Waals surface area contributed by atoms with Crippen LogP contribution in [0.25, 0.3) is 0 Å². The molecule has 1 atom stereocenters. The van der Waals surface area contributed by atoms with E-state index in [1.807, 2.05) is 12.4 Å². The van der Waals surface area contributed by atoms with Gasteiger partial charge in [0.25, 0.3) is 0 Å². The van der Waals surface area contributed by atoms with Gasteiger partial charge >= 0.3 is 0 Å². The Morgan fingerprint density at radius 2 is 2.40 bits per heavy atom. The monoisotopic (exact) mass is 209 g/mol. The van der Waals surface area contributed by atoms with Crippen LogP contribution in [0.2, 0.25) is 0 Å². The van der Waals surface area contributed by atoms with Crippen LogP contribution in [0, 0.1) is 5.92 Å². The normalized spacial score (nSPS) is 20.3. The fourth-order valence-corrected chi connectivity index (χ4v) is 1.91. The summed E-state index contributed by atoms with van der Waals surface area (Å²) in [5, 5.41) is 10.3. The van der Waals surface area contributed by atoms with Gasteiger partial charge in [-0.1, -0.05) is 0 Å². The second-order valence-corrected chi connectivity index (χ2v) is 4.22. The van der Waals surface area contributed by atoms with Crippen LogP contribution in [0.4, 0.5) is 0 Å². The summed E-state index contributed by atoms with van der Waals surface area (Å²) >= 11 is 0. The maximum absolute atomic E-state index is 5.34. The lowest BCUT2D eigenvalue weighted by atomic mass is 10.00. The molecule has 0 saturated carbocycles. The summed E-state index contributed by atoms with van der Waals surface area (Å²) < 4.78 is 5.34. The summed E-state index contributed by atoms with van der Waals surface area (Å²) in [5.41, 5.74) is 1.22. The number of hydrogen-bond acceptors (Lipinski definition) is 3. The van der Waals surface area contributed by atoms with Crippen LogP contribution in [-0.4, -0.2) is 30.0 Å². The van der Waals surface area contributed by atoms with Gasteiger partial charge in [0.2, 0.25) is 0 Å². The molecule has 1 unspecified atom stereocenters. The summed E-state index contributed by atoms with van der Waals surface area (Å²) in [6.45, 7) is 5.10. The van der Waals surface area contributed by atoms with Crippen molar-refractivity contribution < 1.29 is 4.74 Å². The number of nitrogens with one attached hydrogen (secondary N) is 2. The zero-order chi connectivity index (χ0) is 10.5. The topological polar surface area (TPSA) is 49.9 Å². The molecule has 4 nitrogen and oxygen atoms in total. The Bertz CT molecular complexity index is 267. The van der Waals surface area contributed by atoms with Gasteiger partial charge in [0.1, 0.15) is 0 Å². The fraction of sp³-hybridized carbons (Fsp3) is 0.727. The molecule has 15 heavy (non-hydrogen) atoms. The van der Waals surface area contributed by atoms with Crippen molar-refractivity contribution in [3.8, 4) is 0 Å². The number of rotatable bonds is 4. The molecule has 1 saturated heterocycles. The molecule has 1 aromatic heterocycles. The van der Waals surface area contributed by atoms with Crippen molar-refractivity contribution >= 4 is 0 Å². The maximum atomic E-state index is 5.34. The molecule has 2 heterocycles. The molecule has 0 spiro atoms. The van der Waals surface area contributed by atoms with Crippen LogP contribution in [0.5, 0.6) is 0 Å². The molecule has 4 heteroatoms. The van der Waals surface area contributed by atoms with E-state index in [1.54, 1.807) is 0 Å². The number of H-pyrrole nitrogens is 1. The van der Waals surface area contributed by atoms with Crippen molar-refractivity contribution in [1.29, 1.82) is 0 Å².